The molecule has 1 heterocycles. The van der Waals surface area contributed by atoms with Gasteiger partial charge in [-0.3, -0.25) is 4.79 Å². The van der Waals surface area contributed by atoms with E-state index in [-0.39, 0.29) is 12.5 Å². The van der Waals surface area contributed by atoms with Crippen LogP contribution in [0.5, 0.6) is 0 Å². The van der Waals surface area contributed by atoms with Crippen molar-refractivity contribution in [3.05, 3.63) is 10.6 Å². The van der Waals surface area contributed by atoms with E-state index in [2.05, 4.69) is 14.9 Å². The van der Waals surface area contributed by atoms with Gasteiger partial charge in [-0.05, 0) is 36.7 Å². The normalized spacial score (nSPS) is 12.4. The molecule has 1 aromatic heterocycles. The summed E-state index contributed by atoms with van der Waals surface area (Å²) in [5, 5.41) is 15.6. The zero-order valence-corrected chi connectivity index (χ0v) is 11.1. The molecule has 0 aliphatic carbocycles. The second kappa shape index (κ2) is 7.34. The maximum atomic E-state index is 11.8. The smallest absolute Gasteiger partial charge is 0.264 e. The number of hydrogen-bond donors (Lipinski definition) is 2. The van der Waals surface area contributed by atoms with Crippen LogP contribution in [0.1, 0.15) is 42.1 Å². The number of amides is 1. The number of carbonyl (C=O) groups is 1. The third kappa shape index (κ3) is 4.40. The second-order valence-electron chi connectivity index (χ2n) is 4.09. The molecule has 1 amide bonds. The number of hydrogen-bond acceptors (Lipinski definition) is 5. The van der Waals surface area contributed by atoms with Crippen molar-refractivity contribution >= 4 is 17.4 Å². The first-order chi connectivity index (χ1) is 8.19. The van der Waals surface area contributed by atoms with Crippen molar-refractivity contribution in [1.29, 1.82) is 0 Å². The molecule has 0 saturated heterocycles. The van der Waals surface area contributed by atoms with Crippen LogP contribution in [0.15, 0.2) is 0 Å². The summed E-state index contributed by atoms with van der Waals surface area (Å²) in [4.78, 5) is 12.4. The number of nitrogens with one attached hydrogen (secondary N) is 1. The molecule has 1 atom stereocenters. The fourth-order valence-electron chi connectivity index (χ4n) is 1.44. The Kier molecular flexibility index (Phi) is 6.07. The Morgan fingerprint density at radius 1 is 1.59 bits per heavy atom. The first kappa shape index (κ1) is 14.1. The van der Waals surface area contributed by atoms with Crippen LogP contribution >= 0.6 is 11.5 Å². The highest BCUT2D eigenvalue weighted by Gasteiger charge is 2.14. The summed E-state index contributed by atoms with van der Waals surface area (Å²) in [5.74, 6) is 0.205. The number of aliphatic hydroxyl groups is 1. The van der Waals surface area contributed by atoms with Crippen LogP contribution in [-0.2, 0) is 6.42 Å². The average Bonchev–Trinajstić information content (AvgIpc) is 2.82. The largest absolute Gasteiger partial charge is 0.396 e. The maximum absolute atomic E-state index is 11.8. The van der Waals surface area contributed by atoms with E-state index in [1.54, 1.807) is 0 Å². The molecule has 5 nitrogen and oxygen atoms in total. The standard InChI is InChI=1S/C11H19N3O2S/c1-3-9-10(17-14-13-9)11(16)12-6-4-5-8(2)7-15/h8,15H,3-7H2,1-2H3,(H,12,16). The quantitative estimate of drug-likeness (QED) is 0.721. The van der Waals surface area contributed by atoms with Crippen LogP contribution in [0.3, 0.4) is 0 Å². The van der Waals surface area contributed by atoms with Gasteiger partial charge in [0.1, 0.15) is 4.88 Å². The minimum absolute atomic E-state index is 0.0894. The van der Waals surface area contributed by atoms with Gasteiger partial charge in [-0.1, -0.05) is 18.3 Å². The van der Waals surface area contributed by atoms with Gasteiger partial charge in [0.25, 0.3) is 5.91 Å². The highest BCUT2D eigenvalue weighted by atomic mass is 32.1. The van der Waals surface area contributed by atoms with Gasteiger partial charge in [0, 0.05) is 13.2 Å². The van der Waals surface area contributed by atoms with Crippen LogP contribution in [0, 0.1) is 5.92 Å². The molecule has 6 heteroatoms. The summed E-state index contributed by atoms with van der Waals surface area (Å²) < 4.78 is 3.78. The lowest BCUT2D eigenvalue weighted by atomic mass is 10.1. The number of aromatic nitrogens is 2. The van der Waals surface area contributed by atoms with E-state index in [9.17, 15) is 4.79 Å². The topological polar surface area (TPSA) is 75.1 Å². The summed E-state index contributed by atoms with van der Waals surface area (Å²) in [6.45, 7) is 4.78. The molecule has 17 heavy (non-hydrogen) atoms. The first-order valence-corrected chi connectivity index (χ1v) is 6.66. The van der Waals surface area contributed by atoms with E-state index in [0.29, 0.717) is 17.3 Å². The number of aliphatic hydroxyl groups excluding tert-OH is 1. The van der Waals surface area contributed by atoms with E-state index in [4.69, 9.17) is 5.11 Å². The maximum Gasteiger partial charge on any atom is 0.264 e. The fourth-order valence-corrected chi connectivity index (χ4v) is 2.10. The van der Waals surface area contributed by atoms with Gasteiger partial charge in [-0.25, -0.2) is 0 Å². The molecule has 1 rings (SSSR count). The third-order valence-electron chi connectivity index (χ3n) is 2.57. The first-order valence-electron chi connectivity index (χ1n) is 5.89. The lowest BCUT2D eigenvalue weighted by molar-refractivity contribution is 0.0955. The summed E-state index contributed by atoms with van der Waals surface area (Å²) >= 11 is 1.14. The summed E-state index contributed by atoms with van der Waals surface area (Å²) in [6, 6.07) is 0. The lowest BCUT2D eigenvalue weighted by Gasteiger charge is -2.07. The molecule has 0 fully saturated rings. The van der Waals surface area contributed by atoms with Crippen LogP contribution in [0.25, 0.3) is 0 Å². The molecule has 0 bridgehead atoms. The molecule has 0 aromatic carbocycles. The zero-order chi connectivity index (χ0) is 12.7. The van der Waals surface area contributed by atoms with Crippen LogP contribution in [0.4, 0.5) is 0 Å². The monoisotopic (exact) mass is 257 g/mol. The Hall–Kier alpha value is -1.01. The summed E-state index contributed by atoms with van der Waals surface area (Å²) in [6.07, 6.45) is 2.51. The molecular weight excluding hydrogens is 238 g/mol. The fraction of sp³-hybridized carbons (Fsp3) is 0.727. The number of nitrogens with zero attached hydrogens (tertiary/aromatic N) is 2. The molecule has 1 unspecified atom stereocenters. The van der Waals surface area contributed by atoms with Crippen LogP contribution < -0.4 is 5.32 Å². The molecular formula is C11H19N3O2S. The zero-order valence-electron chi connectivity index (χ0n) is 10.3. The van der Waals surface area contributed by atoms with Gasteiger partial charge in [-0.15, -0.1) is 5.10 Å². The Morgan fingerprint density at radius 3 is 3.00 bits per heavy atom. The Labute approximate surface area is 105 Å². The SMILES string of the molecule is CCc1nnsc1C(=O)NCCCC(C)CO. The van der Waals surface area contributed by atoms with Gasteiger partial charge in [0.2, 0.25) is 0 Å². The van der Waals surface area contributed by atoms with E-state index >= 15 is 0 Å². The van der Waals surface area contributed by atoms with Crippen molar-refractivity contribution in [2.45, 2.75) is 33.1 Å². The molecule has 0 aliphatic rings. The van der Waals surface area contributed by atoms with Crippen LogP contribution in [0.2, 0.25) is 0 Å². The van der Waals surface area contributed by atoms with Crippen molar-refractivity contribution in [3.63, 3.8) is 0 Å². The van der Waals surface area contributed by atoms with E-state index < -0.39 is 0 Å². The predicted octanol–water partition coefficient (Wildman–Crippen LogP) is 1.24. The highest BCUT2D eigenvalue weighted by Crippen LogP contribution is 2.10. The van der Waals surface area contributed by atoms with Gasteiger partial charge >= 0.3 is 0 Å². The molecule has 0 spiro atoms. The Bertz CT molecular complexity index is 354. The second-order valence-corrected chi connectivity index (χ2v) is 4.84. The lowest BCUT2D eigenvalue weighted by Crippen LogP contribution is -2.25. The molecule has 96 valence electrons. The van der Waals surface area contributed by atoms with Crippen molar-refractivity contribution in [2.75, 3.05) is 13.2 Å². The van der Waals surface area contributed by atoms with E-state index in [1.165, 1.54) is 0 Å². The predicted molar refractivity (Wildman–Crippen MR) is 67.1 cm³/mol. The average molecular weight is 257 g/mol. The molecule has 1 aromatic rings. The third-order valence-corrected chi connectivity index (χ3v) is 3.33. The van der Waals surface area contributed by atoms with Gasteiger partial charge in [-0.2, -0.15) is 0 Å². The van der Waals surface area contributed by atoms with Gasteiger partial charge in [0.15, 0.2) is 0 Å². The minimum atomic E-state index is -0.0894. The number of aryl methyl sites for hydroxylation is 1. The van der Waals surface area contributed by atoms with E-state index in [1.807, 2.05) is 13.8 Å². The molecule has 0 saturated carbocycles. The molecule has 0 aliphatic heterocycles. The highest BCUT2D eigenvalue weighted by molar-refractivity contribution is 7.08. The Morgan fingerprint density at radius 2 is 2.35 bits per heavy atom. The molecule has 0 radical (unpaired) electrons. The number of rotatable bonds is 7. The molecule has 2 N–H and O–H groups in total. The van der Waals surface area contributed by atoms with Gasteiger partial charge < -0.3 is 10.4 Å². The minimum Gasteiger partial charge on any atom is -0.396 e. The van der Waals surface area contributed by atoms with Crippen molar-refractivity contribution in [3.8, 4) is 0 Å². The summed E-state index contributed by atoms with van der Waals surface area (Å²) in [7, 11) is 0. The van der Waals surface area contributed by atoms with Crippen molar-refractivity contribution in [2.24, 2.45) is 5.92 Å². The van der Waals surface area contributed by atoms with E-state index in [0.717, 1.165) is 36.5 Å². The summed E-state index contributed by atoms with van der Waals surface area (Å²) in [5.41, 5.74) is 0.760. The van der Waals surface area contributed by atoms with Crippen LogP contribution in [-0.4, -0.2) is 33.8 Å². The van der Waals surface area contributed by atoms with Crippen molar-refractivity contribution in [1.82, 2.24) is 14.9 Å². The van der Waals surface area contributed by atoms with Gasteiger partial charge in [0.05, 0.1) is 5.69 Å². The Balaban J connectivity index is 2.30. The number of carbonyl (C=O) groups excluding carboxylic acids is 1. The van der Waals surface area contributed by atoms with Crippen molar-refractivity contribution < 1.29 is 9.90 Å².